The molecule has 6 nitrogen and oxygen atoms in total. The third-order valence-electron chi connectivity index (χ3n) is 4.44. The Kier molecular flexibility index (Phi) is 7.45. The molecule has 2 aromatic rings. The Hall–Kier alpha value is -2.54. The van der Waals surface area contributed by atoms with Gasteiger partial charge in [0.15, 0.2) is 15.9 Å². The van der Waals surface area contributed by atoms with Gasteiger partial charge in [-0.2, -0.15) is 0 Å². The number of rotatable bonds is 9. The molecule has 0 bridgehead atoms. The van der Waals surface area contributed by atoms with Crippen molar-refractivity contribution in [1.29, 1.82) is 0 Å². The molecule has 0 radical (unpaired) electrons. The molecular weight excluding hydrogens is 378 g/mol. The highest BCUT2D eigenvalue weighted by Crippen LogP contribution is 2.22. The van der Waals surface area contributed by atoms with Crippen LogP contribution in [0.1, 0.15) is 38.3 Å². The standard InChI is InChI=1S/C21H27NO5S/c1-5-19(15-7-13-18(14-8-15)28(4,24)25)22-21(23)20(6-2)27-17-11-9-16(26-3)10-12-17/h7-14,19-20H,5-6H2,1-4H3,(H,22,23)/t19-,20+/m1/s1. The maximum absolute atomic E-state index is 12.7. The lowest BCUT2D eigenvalue weighted by Gasteiger charge is -2.22. The molecule has 0 aliphatic rings. The van der Waals surface area contributed by atoms with Gasteiger partial charge >= 0.3 is 0 Å². The van der Waals surface area contributed by atoms with E-state index in [1.807, 2.05) is 13.8 Å². The average Bonchev–Trinajstić information content (AvgIpc) is 2.70. The minimum Gasteiger partial charge on any atom is -0.497 e. The zero-order valence-corrected chi connectivity index (χ0v) is 17.5. The highest BCUT2D eigenvalue weighted by atomic mass is 32.2. The molecule has 7 heteroatoms. The van der Waals surface area contributed by atoms with Crippen molar-refractivity contribution in [2.24, 2.45) is 0 Å². The van der Waals surface area contributed by atoms with E-state index in [2.05, 4.69) is 5.32 Å². The second kappa shape index (κ2) is 9.59. The van der Waals surface area contributed by atoms with Crippen molar-refractivity contribution in [3.8, 4) is 11.5 Å². The SMILES string of the molecule is CC[C@H](Oc1ccc(OC)cc1)C(=O)N[C@H](CC)c1ccc(S(C)(=O)=O)cc1. The smallest absolute Gasteiger partial charge is 0.261 e. The molecule has 28 heavy (non-hydrogen) atoms. The molecule has 0 aliphatic heterocycles. The molecule has 0 spiro atoms. The summed E-state index contributed by atoms with van der Waals surface area (Å²) in [4.78, 5) is 13.0. The second-order valence-corrected chi connectivity index (χ2v) is 8.52. The number of hydrogen-bond acceptors (Lipinski definition) is 5. The van der Waals surface area contributed by atoms with Crippen LogP contribution in [0.5, 0.6) is 11.5 Å². The first kappa shape index (κ1) is 21.8. The fraction of sp³-hybridized carbons (Fsp3) is 0.381. The first-order valence-electron chi connectivity index (χ1n) is 9.19. The van der Waals surface area contributed by atoms with Gasteiger partial charge in [0.05, 0.1) is 18.0 Å². The summed E-state index contributed by atoms with van der Waals surface area (Å²) in [6.45, 7) is 3.84. The van der Waals surface area contributed by atoms with Gasteiger partial charge in [0.1, 0.15) is 11.5 Å². The zero-order valence-electron chi connectivity index (χ0n) is 16.6. The van der Waals surface area contributed by atoms with E-state index in [9.17, 15) is 13.2 Å². The molecule has 0 fully saturated rings. The van der Waals surface area contributed by atoms with E-state index in [-0.39, 0.29) is 16.8 Å². The van der Waals surface area contributed by atoms with Crippen LogP contribution in [-0.2, 0) is 14.6 Å². The normalized spacial score (nSPS) is 13.4. The Morgan fingerprint density at radius 3 is 2.00 bits per heavy atom. The molecule has 2 rings (SSSR count). The Morgan fingerprint density at radius 1 is 0.964 bits per heavy atom. The molecule has 0 heterocycles. The monoisotopic (exact) mass is 405 g/mol. The largest absolute Gasteiger partial charge is 0.497 e. The van der Waals surface area contributed by atoms with Crippen molar-refractivity contribution in [3.63, 3.8) is 0 Å². The highest BCUT2D eigenvalue weighted by molar-refractivity contribution is 7.90. The summed E-state index contributed by atoms with van der Waals surface area (Å²) >= 11 is 0. The summed E-state index contributed by atoms with van der Waals surface area (Å²) in [6.07, 6.45) is 1.73. The summed E-state index contributed by atoms with van der Waals surface area (Å²) in [6, 6.07) is 13.4. The number of ether oxygens (including phenoxy) is 2. The summed E-state index contributed by atoms with van der Waals surface area (Å²) in [5.74, 6) is 1.10. The molecule has 0 saturated heterocycles. The van der Waals surface area contributed by atoms with Gasteiger partial charge in [-0.15, -0.1) is 0 Å². The lowest BCUT2D eigenvalue weighted by atomic mass is 10.0. The number of carbonyl (C=O) groups excluding carboxylic acids is 1. The van der Waals surface area contributed by atoms with Crippen LogP contribution in [0.3, 0.4) is 0 Å². The number of nitrogens with one attached hydrogen (secondary N) is 1. The molecule has 0 aromatic heterocycles. The van der Waals surface area contributed by atoms with Gasteiger partial charge in [-0.05, 0) is 54.8 Å². The van der Waals surface area contributed by atoms with E-state index >= 15 is 0 Å². The average molecular weight is 406 g/mol. The quantitative estimate of drug-likeness (QED) is 0.690. The summed E-state index contributed by atoms with van der Waals surface area (Å²) < 4.78 is 34.2. The molecule has 0 saturated carbocycles. The Morgan fingerprint density at radius 2 is 1.54 bits per heavy atom. The van der Waals surface area contributed by atoms with Gasteiger partial charge in [-0.1, -0.05) is 26.0 Å². The minimum absolute atomic E-state index is 0.211. The maximum Gasteiger partial charge on any atom is 0.261 e. The van der Waals surface area contributed by atoms with Crippen LogP contribution in [0.25, 0.3) is 0 Å². The molecule has 2 aromatic carbocycles. The number of sulfone groups is 1. The van der Waals surface area contributed by atoms with E-state index in [0.29, 0.717) is 24.3 Å². The van der Waals surface area contributed by atoms with E-state index in [0.717, 1.165) is 5.56 Å². The molecule has 0 unspecified atom stereocenters. The van der Waals surface area contributed by atoms with Crippen molar-refractivity contribution in [1.82, 2.24) is 5.32 Å². The summed E-state index contributed by atoms with van der Waals surface area (Å²) in [7, 11) is -1.66. The third-order valence-corrected chi connectivity index (χ3v) is 5.56. The Balaban J connectivity index is 2.07. The van der Waals surface area contributed by atoms with Gasteiger partial charge in [0.25, 0.3) is 5.91 Å². The van der Waals surface area contributed by atoms with Gasteiger partial charge in [-0.3, -0.25) is 4.79 Å². The van der Waals surface area contributed by atoms with E-state index < -0.39 is 15.9 Å². The maximum atomic E-state index is 12.7. The molecular formula is C21H27NO5S. The molecule has 1 N–H and O–H groups in total. The summed E-state index contributed by atoms with van der Waals surface area (Å²) in [5.41, 5.74) is 0.850. The van der Waals surface area contributed by atoms with Gasteiger partial charge < -0.3 is 14.8 Å². The van der Waals surface area contributed by atoms with Gasteiger partial charge in [0.2, 0.25) is 0 Å². The van der Waals surface area contributed by atoms with Crippen LogP contribution in [0.2, 0.25) is 0 Å². The van der Waals surface area contributed by atoms with E-state index in [4.69, 9.17) is 9.47 Å². The first-order valence-corrected chi connectivity index (χ1v) is 11.1. The van der Waals surface area contributed by atoms with Gasteiger partial charge in [-0.25, -0.2) is 8.42 Å². The Labute approximate surface area is 166 Å². The van der Waals surface area contributed by atoms with Crippen molar-refractivity contribution in [2.45, 2.75) is 43.7 Å². The molecule has 152 valence electrons. The second-order valence-electron chi connectivity index (χ2n) is 6.50. The number of amides is 1. The fourth-order valence-corrected chi connectivity index (χ4v) is 3.40. The number of benzene rings is 2. The van der Waals surface area contributed by atoms with Crippen molar-refractivity contribution in [3.05, 3.63) is 54.1 Å². The molecule has 1 amide bonds. The van der Waals surface area contributed by atoms with Crippen LogP contribution in [0, 0.1) is 0 Å². The predicted octanol–water partition coefficient (Wildman–Crippen LogP) is 3.52. The fourth-order valence-electron chi connectivity index (χ4n) is 2.77. The lowest BCUT2D eigenvalue weighted by Crippen LogP contribution is -2.39. The van der Waals surface area contributed by atoms with Crippen molar-refractivity contribution in [2.75, 3.05) is 13.4 Å². The van der Waals surface area contributed by atoms with Crippen molar-refractivity contribution >= 4 is 15.7 Å². The van der Waals surface area contributed by atoms with Crippen LogP contribution >= 0.6 is 0 Å². The minimum atomic E-state index is -3.25. The van der Waals surface area contributed by atoms with E-state index in [1.165, 1.54) is 6.26 Å². The lowest BCUT2D eigenvalue weighted by molar-refractivity contribution is -0.128. The summed E-state index contributed by atoms with van der Waals surface area (Å²) in [5, 5.41) is 3.00. The Bertz CT molecular complexity index is 876. The van der Waals surface area contributed by atoms with Crippen LogP contribution in [0.4, 0.5) is 0 Å². The zero-order chi connectivity index (χ0) is 20.7. The topological polar surface area (TPSA) is 81.7 Å². The van der Waals surface area contributed by atoms with Gasteiger partial charge in [0, 0.05) is 6.26 Å². The number of carbonyl (C=O) groups is 1. The highest BCUT2D eigenvalue weighted by Gasteiger charge is 2.22. The number of methoxy groups -OCH3 is 1. The number of hydrogen-bond donors (Lipinski definition) is 1. The third kappa shape index (κ3) is 5.73. The predicted molar refractivity (Wildman–Crippen MR) is 108 cm³/mol. The van der Waals surface area contributed by atoms with Crippen LogP contribution in [0.15, 0.2) is 53.4 Å². The molecule has 2 atom stereocenters. The van der Waals surface area contributed by atoms with E-state index in [1.54, 1.807) is 55.6 Å². The van der Waals surface area contributed by atoms with Crippen LogP contribution in [-0.4, -0.2) is 33.8 Å². The first-order chi connectivity index (χ1) is 13.3. The van der Waals surface area contributed by atoms with Crippen molar-refractivity contribution < 1.29 is 22.7 Å². The molecule has 0 aliphatic carbocycles. The van der Waals surface area contributed by atoms with Crippen LogP contribution < -0.4 is 14.8 Å².